The van der Waals surface area contributed by atoms with Gasteiger partial charge in [0.05, 0.1) is 17.7 Å². The monoisotopic (exact) mass is 448 g/mol. The highest BCUT2D eigenvalue weighted by molar-refractivity contribution is 5.92. The highest BCUT2D eigenvalue weighted by Gasteiger charge is 2.38. The van der Waals surface area contributed by atoms with E-state index in [0.29, 0.717) is 31.1 Å². The van der Waals surface area contributed by atoms with E-state index in [0.717, 1.165) is 41.7 Å². The number of fused-ring (bicyclic) bond motifs is 1. The van der Waals surface area contributed by atoms with E-state index in [-0.39, 0.29) is 23.6 Å². The lowest BCUT2D eigenvalue weighted by atomic mass is 9.87. The van der Waals surface area contributed by atoms with E-state index in [4.69, 9.17) is 14.7 Å². The Morgan fingerprint density at radius 1 is 1.18 bits per heavy atom. The minimum atomic E-state index is -0.991. The molecule has 2 aliphatic heterocycles. The number of aromatic hydroxyl groups is 1. The fourth-order valence-corrected chi connectivity index (χ4v) is 5.12. The summed E-state index contributed by atoms with van der Waals surface area (Å²) in [5, 5.41) is 23.6. The Bertz CT molecular complexity index is 1180. The second-order valence-corrected chi connectivity index (χ2v) is 9.00. The zero-order valence-electron chi connectivity index (χ0n) is 18.6. The molecule has 0 saturated carbocycles. The number of anilines is 1. The van der Waals surface area contributed by atoms with Crippen LogP contribution in [0.5, 0.6) is 5.75 Å². The summed E-state index contributed by atoms with van der Waals surface area (Å²) < 4.78 is 5.54. The first-order chi connectivity index (χ1) is 16.0. The van der Waals surface area contributed by atoms with Gasteiger partial charge < -0.3 is 25.2 Å². The molecule has 0 spiro atoms. The average molecular weight is 449 g/mol. The van der Waals surface area contributed by atoms with Crippen LogP contribution in [-0.2, 0) is 4.74 Å². The van der Waals surface area contributed by atoms with E-state index in [9.17, 15) is 15.0 Å². The van der Waals surface area contributed by atoms with Gasteiger partial charge in [-0.2, -0.15) is 0 Å². The van der Waals surface area contributed by atoms with Crippen molar-refractivity contribution in [3.05, 3.63) is 48.0 Å². The summed E-state index contributed by atoms with van der Waals surface area (Å²) in [6, 6.07) is 13.1. The van der Waals surface area contributed by atoms with E-state index in [1.807, 2.05) is 37.3 Å². The molecule has 2 fully saturated rings. The van der Waals surface area contributed by atoms with Gasteiger partial charge in [-0.15, -0.1) is 0 Å². The van der Waals surface area contributed by atoms with Crippen molar-refractivity contribution >= 4 is 22.8 Å². The zero-order valence-corrected chi connectivity index (χ0v) is 18.6. The summed E-state index contributed by atoms with van der Waals surface area (Å²) in [6.45, 7) is 4.77. The van der Waals surface area contributed by atoms with Crippen LogP contribution >= 0.6 is 0 Å². The van der Waals surface area contributed by atoms with Gasteiger partial charge in [0.1, 0.15) is 11.6 Å². The van der Waals surface area contributed by atoms with Crippen molar-refractivity contribution in [1.82, 2.24) is 15.3 Å². The highest BCUT2D eigenvalue weighted by atomic mass is 16.5. The number of nitrogens with zero attached hydrogens (tertiary/aromatic N) is 3. The number of benzene rings is 2. The van der Waals surface area contributed by atoms with Crippen LogP contribution in [0.2, 0.25) is 0 Å². The van der Waals surface area contributed by atoms with Crippen molar-refractivity contribution in [3.8, 4) is 17.1 Å². The maximum atomic E-state index is 11.5. The molecular formula is C25H28N4O4. The van der Waals surface area contributed by atoms with E-state index in [1.54, 1.807) is 12.1 Å². The van der Waals surface area contributed by atoms with Gasteiger partial charge in [-0.3, -0.25) is 0 Å². The summed E-state index contributed by atoms with van der Waals surface area (Å²) in [5.41, 5.74) is 2.51. The maximum absolute atomic E-state index is 11.5. The number of ether oxygens (including phenoxy) is 1. The van der Waals surface area contributed by atoms with Crippen molar-refractivity contribution in [3.63, 3.8) is 0 Å². The normalized spacial score (nSPS) is 21.4. The topological polar surface area (TPSA) is 108 Å². The molecule has 5 rings (SSSR count). The molecule has 3 heterocycles. The lowest BCUT2D eigenvalue weighted by Gasteiger charge is -2.28. The number of amides is 1. The molecule has 1 unspecified atom stereocenters. The number of carboxylic acid groups (broad SMARTS) is 1. The quantitative estimate of drug-likeness (QED) is 0.545. The van der Waals surface area contributed by atoms with Crippen LogP contribution in [0.3, 0.4) is 0 Å². The third kappa shape index (κ3) is 4.30. The molecule has 0 bridgehead atoms. The van der Waals surface area contributed by atoms with Crippen molar-refractivity contribution in [2.75, 3.05) is 31.2 Å². The van der Waals surface area contributed by atoms with E-state index >= 15 is 0 Å². The number of hydrogen-bond donors (Lipinski definition) is 3. The Labute approximate surface area is 192 Å². The van der Waals surface area contributed by atoms with Crippen molar-refractivity contribution < 1.29 is 19.7 Å². The van der Waals surface area contributed by atoms with Crippen LogP contribution < -0.4 is 10.2 Å². The minimum Gasteiger partial charge on any atom is -0.507 e. The van der Waals surface area contributed by atoms with Crippen LogP contribution in [0.1, 0.15) is 18.4 Å². The molecule has 2 saturated heterocycles. The summed E-state index contributed by atoms with van der Waals surface area (Å²) >= 11 is 0. The predicted molar refractivity (Wildman–Crippen MR) is 126 cm³/mol. The molecular weight excluding hydrogens is 420 g/mol. The van der Waals surface area contributed by atoms with Gasteiger partial charge in [-0.05, 0) is 55.5 Å². The van der Waals surface area contributed by atoms with Gasteiger partial charge in [0, 0.05) is 37.0 Å². The highest BCUT2D eigenvalue weighted by Crippen LogP contribution is 2.36. The van der Waals surface area contributed by atoms with Crippen LogP contribution in [0, 0.1) is 18.8 Å². The molecule has 2 aromatic carbocycles. The number of phenols is 1. The lowest BCUT2D eigenvalue weighted by molar-refractivity contribution is 0.154. The first-order valence-corrected chi connectivity index (χ1v) is 11.4. The number of phenolic OH excluding ortho intramolecular Hbond substituents is 1. The zero-order chi connectivity index (χ0) is 22.9. The standard InChI is InChI=1S/C25H28N4O4/c1-15-6-7-18-20(12-15)26-23(19-4-2-3-5-21(19)30)28-24(18)29-10-8-16(13-29)22(27-25(31)32)17-9-11-33-14-17/h2-7,12,16-17,22,27,30H,8-11,13-14H2,1H3,(H,31,32)/t16-,17?,22-/m1/s1. The second-order valence-electron chi connectivity index (χ2n) is 9.00. The molecule has 0 aliphatic carbocycles. The summed E-state index contributed by atoms with van der Waals surface area (Å²) in [6.07, 6.45) is 0.745. The molecule has 33 heavy (non-hydrogen) atoms. The Balaban J connectivity index is 1.51. The fraction of sp³-hybridized carbons (Fsp3) is 0.400. The summed E-state index contributed by atoms with van der Waals surface area (Å²) in [5.74, 6) is 1.79. The van der Waals surface area contributed by atoms with E-state index < -0.39 is 6.09 Å². The van der Waals surface area contributed by atoms with Crippen LogP contribution in [-0.4, -0.2) is 58.6 Å². The third-order valence-electron chi connectivity index (χ3n) is 6.77. The molecule has 3 N–H and O–H groups in total. The van der Waals surface area contributed by atoms with Gasteiger partial charge in [-0.1, -0.05) is 18.2 Å². The number of rotatable bonds is 5. The maximum Gasteiger partial charge on any atom is 0.404 e. The molecule has 2 aliphatic rings. The van der Waals surface area contributed by atoms with Crippen LogP contribution in [0.4, 0.5) is 10.6 Å². The molecule has 8 nitrogen and oxygen atoms in total. The number of aromatic nitrogens is 2. The summed E-state index contributed by atoms with van der Waals surface area (Å²) in [4.78, 5) is 23.4. The number of carbonyl (C=O) groups is 1. The van der Waals surface area contributed by atoms with Gasteiger partial charge in [0.25, 0.3) is 0 Å². The first-order valence-electron chi connectivity index (χ1n) is 11.4. The summed E-state index contributed by atoms with van der Waals surface area (Å²) in [7, 11) is 0. The number of hydrogen-bond acceptors (Lipinski definition) is 6. The predicted octanol–water partition coefficient (Wildman–Crippen LogP) is 3.81. The molecule has 172 valence electrons. The lowest BCUT2D eigenvalue weighted by Crippen LogP contribution is -2.46. The van der Waals surface area contributed by atoms with Gasteiger partial charge in [0.2, 0.25) is 0 Å². The molecule has 1 aromatic heterocycles. The van der Waals surface area contributed by atoms with E-state index in [2.05, 4.69) is 10.2 Å². The second kappa shape index (κ2) is 8.86. The molecule has 1 amide bonds. The number of para-hydroxylation sites is 1. The molecule has 3 atom stereocenters. The average Bonchev–Trinajstić information content (AvgIpc) is 3.49. The van der Waals surface area contributed by atoms with Crippen molar-refractivity contribution in [2.45, 2.75) is 25.8 Å². The smallest absolute Gasteiger partial charge is 0.404 e. The Hall–Kier alpha value is -3.39. The minimum absolute atomic E-state index is 0.140. The van der Waals surface area contributed by atoms with Crippen LogP contribution in [0.15, 0.2) is 42.5 Å². The van der Waals surface area contributed by atoms with Gasteiger partial charge in [0.15, 0.2) is 5.82 Å². The largest absolute Gasteiger partial charge is 0.507 e. The molecule has 3 aromatic rings. The molecule has 0 radical (unpaired) electrons. The van der Waals surface area contributed by atoms with Crippen molar-refractivity contribution in [2.24, 2.45) is 11.8 Å². The third-order valence-corrected chi connectivity index (χ3v) is 6.77. The van der Waals surface area contributed by atoms with Gasteiger partial charge in [-0.25, -0.2) is 14.8 Å². The van der Waals surface area contributed by atoms with Gasteiger partial charge >= 0.3 is 6.09 Å². The SMILES string of the molecule is Cc1ccc2c(N3CC[C@@H]([C@@H](NC(=O)O)C4CCOC4)C3)nc(-c3ccccc3O)nc2c1. The Kier molecular flexibility index (Phi) is 5.76. The Morgan fingerprint density at radius 2 is 2.03 bits per heavy atom. The number of aryl methyl sites for hydroxylation is 1. The number of nitrogens with one attached hydrogen (secondary N) is 1. The Morgan fingerprint density at radius 3 is 2.79 bits per heavy atom. The molecule has 8 heteroatoms. The first kappa shape index (κ1) is 21.5. The van der Waals surface area contributed by atoms with E-state index in [1.165, 1.54) is 0 Å². The van der Waals surface area contributed by atoms with Crippen LogP contribution in [0.25, 0.3) is 22.3 Å². The van der Waals surface area contributed by atoms with Crippen molar-refractivity contribution in [1.29, 1.82) is 0 Å². The fourth-order valence-electron chi connectivity index (χ4n) is 5.12.